The molecule has 0 aromatic carbocycles. The van der Waals surface area contributed by atoms with E-state index in [0.29, 0.717) is 64.4 Å². The third-order valence-corrected chi connectivity index (χ3v) is 10.2. The summed E-state index contributed by atoms with van der Waals surface area (Å²) >= 11 is 1.89. The number of nitrogens with zero attached hydrogens (tertiary/aromatic N) is 2. The van der Waals surface area contributed by atoms with Gasteiger partial charge in [0.2, 0.25) is 11.8 Å². The van der Waals surface area contributed by atoms with Gasteiger partial charge in [0.05, 0.1) is 58.1 Å². The summed E-state index contributed by atoms with van der Waals surface area (Å²) < 4.78 is 24.3. The van der Waals surface area contributed by atoms with Crippen molar-refractivity contribution in [3.05, 3.63) is 24.6 Å². The Labute approximate surface area is 324 Å². The van der Waals surface area contributed by atoms with Crippen LogP contribution in [0.25, 0.3) is 0 Å². The number of hydrogen-bond donors (Lipinski definition) is 5. The van der Waals surface area contributed by atoms with Crippen molar-refractivity contribution < 1.29 is 70.8 Å². The van der Waals surface area contributed by atoms with E-state index < -0.39 is 0 Å². The van der Waals surface area contributed by atoms with Gasteiger partial charge in [0.25, 0.3) is 5.91 Å². The van der Waals surface area contributed by atoms with E-state index in [1.165, 1.54) is 0 Å². The molecule has 1 radical (unpaired) electrons. The number of hydrogen-bond acceptors (Lipinski definition) is 10. The standard InChI is InChI=1S/C33H54N7O8S.Y/c1-4-24-17-22(2)32(48-24)40-19-25(36-21-40)31(43)37-23(3)18-29(42)35-10-12-46-14-16-47-15-13-45-11-9-34-28(41)8-6-5-7-27-30-26(20-49-27)38-33(44)39-30;/h17,19,21-24,26-27,30,32H,4-16,18,20H2,1-3H3,(H,34,41)(H,35,42)(H,37,43)(H2,38,39,44);/q-1;/t22?,23-,24+,26?,27?,30?,32+;/m0./s1. The molecule has 50 heavy (non-hydrogen) atoms. The Morgan fingerprint density at radius 3 is 2.42 bits per heavy atom. The second kappa shape index (κ2) is 23.0. The summed E-state index contributed by atoms with van der Waals surface area (Å²) in [5.74, 6) is 0.668. The number of imidazole rings is 1. The Hall–Kier alpha value is -1.82. The van der Waals surface area contributed by atoms with Crippen molar-refractivity contribution in [3.63, 3.8) is 0 Å². The number of ether oxygens (including phenoxy) is 4. The van der Waals surface area contributed by atoms with Crippen molar-refractivity contribution in [2.75, 3.05) is 58.5 Å². The Kier molecular flexibility index (Phi) is 19.6. The minimum atomic E-state index is -0.368. The van der Waals surface area contributed by atoms with E-state index >= 15 is 0 Å². The fraction of sp³-hybridized carbons (Fsp3) is 0.758. The van der Waals surface area contributed by atoms with Crippen LogP contribution in [0, 0.1) is 12.3 Å². The number of unbranched alkanes of at least 4 members (excludes halogenated alkanes) is 1. The SMILES string of the molecule is CC[C@@H]1[CH-]C(C)[C@H](n2cnc(C(=O)N[C@@H](C)CC(=O)NCCOCCOCCOCCNC(=O)CCCCC3SCC4NC(=O)NC43)c2)O1.[Y]. The first-order valence-electron chi connectivity index (χ1n) is 17.5. The van der Waals surface area contributed by atoms with Crippen molar-refractivity contribution in [1.29, 1.82) is 0 Å². The molecule has 17 heteroatoms. The maximum Gasteiger partial charge on any atom is 0.315 e. The first-order valence-corrected chi connectivity index (χ1v) is 18.6. The van der Waals surface area contributed by atoms with Gasteiger partial charge in [0, 0.05) is 81.9 Å². The van der Waals surface area contributed by atoms with Crippen LogP contribution in [0.1, 0.15) is 76.0 Å². The summed E-state index contributed by atoms with van der Waals surface area (Å²) in [6.07, 6.45) is 9.68. The first-order chi connectivity index (χ1) is 23.7. The molecule has 3 aliphatic heterocycles. The number of aromatic nitrogens is 2. The van der Waals surface area contributed by atoms with Gasteiger partial charge in [-0.05, 0) is 19.8 Å². The third kappa shape index (κ3) is 14.3. The molecule has 5 amide bonds. The average Bonchev–Trinajstić information content (AvgIpc) is 3.86. The molecule has 7 atom stereocenters. The molecule has 4 rings (SSSR count). The molecular formula is C33H54N7O8SY-. The Morgan fingerprint density at radius 2 is 1.74 bits per heavy atom. The smallest absolute Gasteiger partial charge is 0.315 e. The first kappa shape index (κ1) is 42.6. The fourth-order valence-electron chi connectivity index (χ4n) is 6.08. The maximum atomic E-state index is 12.6. The van der Waals surface area contributed by atoms with Crippen LogP contribution in [-0.4, -0.2) is 121 Å². The maximum absolute atomic E-state index is 12.6. The quantitative estimate of drug-likeness (QED) is 0.0619. The Balaban J connectivity index is 0.00000676. The number of carbonyl (C=O) groups excluding carboxylic acids is 4. The monoisotopic (exact) mass is 797 g/mol. The number of urea groups is 1. The number of fused-ring (bicyclic) bond motifs is 1. The molecule has 0 bridgehead atoms. The Morgan fingerprint density at radius 1 is 1.06 bits per heavy atom. The minimum absolute atomic E-state index is 0. The van der Waals surface area contributed by atoms with E-state index in [0.717, 1.165) is 31.4 Å². The number of rotatable bonds is 23. The second-order valence-corrected chi connectivity index (χ2v) is 14.0. The van der Waals surface area contributed by atoms with Crippen LogP contribution in [0.15, 0.2) is 12.5 Å². The van der Waals surface area contributed by atoms with Crippen LogP contribution in [-0.2, 0) is 61.2 Å². The summed E-state index contributed by atoms with van der Waals surface area (Å²) in [6.45, 7) is 9.12. The van der Waals surface area contributed by atoms with Gasteiger partial charge >= 0.3 is 6.03 Å². The molecule has 4 unspecified atom stereocenters. The van der Waals surface area contributed by atoms with Crippen LogP contribution < -0.4 is 26.6 Å². The van der Waals surface area contributed by atoms with Crippen molar-refractivity contribution in [2.24, 2.45) is 5.92 Å². The molecular weight excluding hydrogens is 743 g/mol. The van der Waals surface area contributed by atoms with Crippen LogP contribution >= 0.6 is 11.8 Å². The van der Waals surface area contributed by atoms with Crippen molar-refractivity contribution in [2.45, 2.75) is 95.0 Å². The molecule has 5 N–H and O–H groups in total. The van der Waals surface area contributed by atoms with E-state index in [4.69, 9.17) is 18.9 Å². The molecule has 0 saturated carbocycles. The molecule has 0 spiro atoms. The molecule has 3 saturated heterocycles. The van der Waals surface area contributed by atoms with Gasteiger partial charge in [0.1, 0.15) is 11.9 Å². The molecule has 3 fully saturated rings. The van der Waals surface area contributed by atoms with E-state index in [9.17, 15) is 19.2 Å². The molecule has 0 aliphatic carbocycles. The van der Waals surface area contributed by atoms with Gasteiger partial charge in [-0.15, -0.1) is 5.92 Å². The minimum Gasteiger partial charge on any atom is -0.389 e. The molecule has 15 nitrogen and oxygen atoms in total. The second-order valence-electron chi connectivity index (χ2n) is 12.7. The van der Waals surface area contributed by atoms with Gasteiger partial charge in [-0.1, -0.05) is 32.8 Å². The Bertz CT molecular complexity index is 1210. The zero-order chi connectivity index (χ0) is 35.0. The number of nitrogens with one attached hydrogen (secondary N) is 5. The van der Waals surface area contributed by atoms with Crippen molar-refractivity contribution in [3.8, 4) is 0 Å². The van der Waals surface area contributed by atoms with Crippen molar-refractivity contribution >= 4 is 35.5 Å². The summed E-state index contributed by atoms with van der Waals surface area (Å²) in [7, 11) is 0. The number of amides is 5. The van der Waals surface area contributed by atoms with Crippen LogP contribution in [0.3, 0.4) is 0 Å². The van der Waals surface area contributed by atoms with E-state index in [2.05, 4.69) is 51.8 Å². The number of carbonyl (C=O) groups is 4. The molecule has 279 valence electrons. The molecule has 1 aromatic heterocycles. The van der Waals surface area contributed by atoms with E-state index in [1.807, 2.05) is 16.3 Å². The predicted octanol–water partition coefficient (Wildman–Crippen LogP) is 1.54. The molecule has 3 aliphatic rings. The van der Waals surface area contributed by atoms with E-state index in [1.54, 1.807) is 19.4 Å². The zero-order valence-corrected chi connectivity index (χ0v) is 33.2. The van der Waals surface area contributed by atoms with Gasteiger partial charge in [-0.2, -0.15) is 11.8 Å². The summed E-state index contributed by atoms with van der Waals surface area (Å²) in [6, 6.07) is 0.00862. The van der Waals surface area contributed by atoms with Gasteiger partial charge < -0.3 is 50.1 Å². The van der Waals surface area contributed by atoms with Crippen molar-refractivity contribution in [1.82, 2.24) is 36.1 Å². The topological polar surface area (TPSA) is 183 Å². The largest absolute Gasteiger partial charge is 0.389 e. The van der Waals surface area contributed by atoms with Gasteiger partial charge in [-0.25, -0.2) is 9.78 Å². The summed E-state index contributed by atoms with van der Waals surface area (Å²) in [5, 5.41) is 14.9. The average molecular weight is 798 g/mol. The van der Waals surface area contributed by atoms with Crippen LogP contribution in [0.5, 0.6) is 0 Å². The number of thioether (sulfide) groups is 1. The summed E-state index contributed by atoms with van der Waals surface area (Å²) in [4.78, 5) is 52.7. The summed E-state index contributed by atoms with van der Waals surface area (Å²) in [5.41, 5.74) is 0.282. The zero-order valence-electron chi connectivity index (χ0n) is 29.5. The normalized spacial score (nSPS) is 24.5. The molecule has 4 heterocycles. The third-order valence-electron chi connectivity index (χ3n) is 8.64. The van der Waals surface area contributed by atoms with Gasteiger partial charge in [-0.3, -0.25) is 20.8 Å². The van der Waals surface area contributed by atoms with Crippen LogP contribution in [0.2, 0.25) is 0 Å². The fourth-order valence-corrected chi connectivity index (χ4v) is 7.62. The predicted molar refractivity (Wildman–Crippen MR) is 184 cm³/mol. The van der Waals surface area contributed by atoms with E-state index in [-0.39, 0.29) is 105 Å². The van der Waals surface area contributed by atoms with Crippen LogP contribution in [0.4, 0.5) is 4.79 Å². The molecule has 1 aromatic rings. The van der Waals surface area contributed by atoms with Gasteiger partial charge in [0.15, 0.2) is 0 Å².